The summed E-state index contributed by atoms with van der Waals surface area (Å²) in [6, 6.07) is 4.92. The lowest BCUT2D eigenvalue weighted by molar-refractivity contribution is 0.757. The van der Waals surface area contributed by atoms with E-state index in [1.165, 1.54) is 4.57 Å². The third kappa shape index (κ3) is 3.16. The van der Waals surface area contributed by atoms with Crippen molar-refractivity contribution in [3.8, 4) is 23.7 Å². The predicted molar refractivity (Wildman–Crippen MR) is 83.1 cm³/mol. The van der Waals surface area contributed by atoms with Crippen molar-refractivity contribution in [1.82, 2.24) is 14.5 Å². The molecule has 1 aromatic heterocycles. The van der Waals surface area contributed by atoms with Crippen LogP contribution in [0, 0.1) is 12.3 Å². The lowest BCUT2D eigenvalue weighted by atomic mass is 10.2. The Kier molecular flexibility index (Phi) is 4.48. The molecule has 8 heteroatoms. The third-order valence-electron chi connectivity index (χ3n) is 2.70. The van der Waals surface area contributed by atoms with Gasteiger partial charge in [-0.1, -0.05) is 29.1 Å². The molecular weight excluding hydrogens is 313 g/mol. The Bertz CT molecular complexity index is 781. The van der Waals surface area contributed by atoms with E-state index in [1.807, 2.05) is 0 Å². The van der Waals surface area contributed by atoms with Gasteiger partial charge in [-0.2, -0.15) is 9.97 Å². The molecule has 2 rings (SSSR count). The van der Waals surface area contributed by atoms with E-state index >= 15 is 0 Å². The first-order chi connectivity index (χ1) is 9.93. The van der Waals surface area contributed by atoms with Crippen LogP contribution in [0.3, 0.4) is 0 Å². The quantitative estimate of drug-likeness (QED) is 0.525. The van der Waals surface area contributed by atoms with Gasteiger partial charge in [0.05, 0.1) is 16.6 Å². The molecule has 0 radical (unpaired) electrons. The summed E-state index contributed by atoms with van der Waals surface area (Å²) in [7, 11) is 1.55. The highest BCUT2D eigenvalue weighted by Crippen LogP contribution is 2.27. The van der Waals surface area contributed by atoms with Gasteiger partial charge in [-0.25, -0.2) is 10.6 Å². The van der Waals surface area contributed by atoms with Gasteiger partial charge < -0.3 is 0 Å². The number of rotatable bonds is 3. The van der Waals surface area contributed by atoms with Crippen molar-refractivity contribution in [3.63, 3.8) is 0 Å². The molecule has 0 amide bonds. The van der Waals surface area contributed by atoms with Gasteiger partial charge >= 0.3 is 5.69 Å². The van der Waals surface area contributed by atoms with Crippen molar-refractivity contribution in [1.29, 1.82) is 0 Å². The average Bonchev–Trinajstić information content (AvgIpc) is 2.45. The fraction of sp³-hybridized carbons (Fsp3) is 0.154. The average molecular weight is 324 g/mol. The zero-order chi connectivity index (χ0) is 15.6. The molecule has 0 aliphatic heterocycles. The molecule has 0 saturated heterocycles. The van der Waals surface area contributed by atoms with Gasteiger partial charge in [0, 0.05) is 12.6 Å². The Balaban J connectivity index is 2.60. The van der Waals surface area contributed by atoms with Gasteiger partial charge in [-0.15, -0.1) is 6.42 Å². The van der Waals surface area contributed by atoms with Gasteiger partial charge in [0.1, 0.15) is 5.82 Å². The third-order valence-corrected chi connectivity index (χ3v) is 3.44. The topological polar surface area (TPSA) is 77.0 Å². The molecule has 0 unspecified atom stereocenters. The molecule has 1 heterocycles. The van der Waals surface area contributed by atoms with Crippen LogP contribution >= 0.6 is 23.2 Å². The monoisotopic (exact) mass is 323 g/mol. The standard InChI is InChI=1S/C13H11Cl2N5O/c1-3-6-20(16)12-17-11(19(2)13(21)18-12)8-4-5-9(14)10(15)7-8/h1,4-5,7H,6,16H2,2H3. The van der Waals surface area contributed by atoms with Gasteiger partial charge in [0.25, 0.3) is 0 Å². The van der Waals surface area contributed by atoms with Crippen molar-refractivity contribution >= 4 is 29.2 Å². The molecule has 0 spiro atoms. The number of anilines is 1. The number of terminal acetylenes is 1. The Labute approximate surface area is 131 Å². The van der Waals surface area contributed by atoms with E-state index < -0.39 is 5.69 Å². The first kappa shape index (κ1) is 15.3. The molecule has 2 aromatic rings. The van der Waals surface area contributed by atoms with Gasteiger partial charge in [0.2, 0.25) is 5.95 Å². The minimum atomic E-state index is -0.506. The van der Waals surface area contributed by atoms with Crippen LogP contribution in [0.15, 0.2) is 23.0 Å². The van der Waals surface area contributed by atoms with E-state index in [9.17, 15) is 4.79 Å². The molecule has 0 aliphatic carbocycles. The lowest BCUT2D eigenvalue weighted by Crippen LogP contribution is -2.36. The summed E-state index contributed by atoms with van der Waals surface area (Å²) in [5.41, 5.74) is 0.107. The Morgan fingerprint density at radius 2 is 2.10 bits per heavy atom. The van der Waals surface area contributed by atoms with Crippen molar-refractivity contribution in [2.75, 3.05) is 11.6 Å². The molecule has 0 aliphatic rings. The summed E-state index contributed by atoms with van der Waals surface area (Å²) >= 11 is 11.9. The number of hydrogen-bond acceptors (Lipinski definition) is 5. The van der Waals surface area contributed by atoms with Gasteiger partial charge in [0.15, 0.2) is 0 Å². The lowest BCUT2D eigenvalue weighted by Gasteiger charge is -2.15. The summed E-state index contributed by atoms with van der Waals surface area (Å²) in [5, 5.41) is 1.88. The van der Waals surface area contributed by atoms with E-state index in [4.69, 9.17) is 35.5 Å². The van der Waals surface area contributed by atoms with Crippen LogP contribution in [0.25, 0.3) is 11.4 Å². The van der Waals surface area contributed by atoms with Crippen molar-refractivity contribution in [2.24, 2.45) is 12.9 Å². The number of benzene rings is 1. The number of hydrogen-bond donors (Lipinski definition) is 1. The van der Waals surface area contributed by atoms with Crippen LogP contribution < -0.4 is 16.5 Å². The fourth-order valence-corrected chi connectivity index (χ4v) is 1.93. The van der Waals surface area contributed by atoms with Crippen molar-refractivity contribution in [3.05, 3.63) is 38.7 Å². The SMILES string of the molecule is C#CCN(N)c1nc(-c2ccc(Cl)c(Cl)c2)n(C)c(=O)n1. The Morgan fingerprint density at radius 1 is 1.38 bits per heavy atom. The zero-order valence-electron chi connectivity index (χ0n) is 11.0. The number of hydrazine groups is 1. The van der Waals surface area contributed by atoms with Crippen LogP contribution in [-0.2, 0) is 7.05 Å². The van der Waals surface area contributed by atoms with Crippen LogP contribution in [0.1, 0.15) is 0 Å². The second-order valence-electron chi connectivity index (χ2n) is 4.15. The molecule has 0 saturated carbocycles. The molecular formula is C13H11Cl2N5O. The molecule has 6 nitrogen and oxygen atoms in total. The first-order valence-electron chi connectivity index (χ1n) is 5.80. The molecule has 0 atom stereocenters. The predicted octanol–water partition coefficient (Wildman–Crippen LogP) is 1.46. The van der Waals surface area contributed by atoms with Crippen LogP contribution in [0.5, 0.6) is 0 Å². The number of aromatic nitrogens is 3. The number of nitrogens with two attached hydrogens (primary N) is 1. The van der Waals surface area contributed by atoms with Crippen LogP contribution in [-0.4, -0.2) is 21.1 Å². The largest absolute Gasteiger partial charge is 0.352 e. The van der Waals surface area contributed by atoms with Crippen molar-refractivity contribution in [2.45, 2.75) is 0 Å². The Morgan fingerprint density at radius 3 is 2.71 bits per heavy atom. The molecule has 2 N–H and O–H groups in total. The summed E-state index contributed by atoms with van der Waals surface area (Å²) in [4.78, 5) is 19.9. The summed E-state index contributed by atoms with van der Waals surface area (Å²) in [6.07, 6.45) is 5.18. The number of nitrogens with zero attached hydrogens (tertiary/aromatic N) is 4. The van der Waals surface area contributed by atoms with E-state index in [2.05, 4.69) is 15.9 Å². The highest BCUT2D eigenvalue weighted by molar-refractivity contribution is 6.42. The normalized spacial score (nSPS) is 10.2. The highest BCUT2D eigenvalue weighted by atomic mass is 35.5. The maximum atomic E-state index is 11.9. The molecule has 0 bridgehead atoms. The van der Waals surface area contributed by atoms with Crippen molar-refractivity contribution < 1.29 is 0 Å². The summed E-state index contributed by atoms with van der Waals surface area (Å²) in [5.74, 6) is 8.44. The minimum absolute atomic E-state index is 0.0390. The molecule has 108 valence electrons. The molecule has 1 aromatic carbocycles. The summed E-state index contributed by atoms with van der Waals surface area (Å²) in [6.45, 7) is 0.0774. The second-order valence-corrected chi connectivity index (χ2v) is 4.96. The maximum Gasteiger partial charge on any atom is 0.352 e. The van der Waals surface area contributed by atoms with E-state index in [-0.39, 0.29) is 12.5 Å². The molecule has 21 heavy (non-hydrogen) atoms. The van der Waals surface area contributed by atoms with Gasteiger partial charge in [-0.05, 0) is 18.2 Å². The van der Waals surface area contributed by atoms with Gasteiger partial charge in [-0.3, -0.25) is 9.58 Å². The summed E-state index contributed by atoms with van der Waals surface area (Å²) < 4.78 is 1.28. The minimum Gasteiger partial charge on any atom is -0.279 e. The zero-order valence-corrected chi connectivity index (χ0v) is 12.6. The second kappa shape index (κ2) is 6.14. The Hall–Kier alpha value is -2.07. The van der Waals surface area contributed by atoms with Crippen LogP contribution in [0.4, 0.5) is 5.95 Å². The van der Waals surface area contributed by atoms with E-state index in [0.29, 0.717) is 21.4 Å². The fourth-order valence-electron chi connectivity index (χ4n) is 1.64. The maximum absolute atomic E-state index is 11.9. The smallest absolute Gasteiger partial charge is 0.279 e. The first-order valence-corrected chi connectivity index (χ1v) is 6.56. The number of halogens is 2. The highest BCUT2D eigenvalue weighted by Gasteiger charge is 2.13. The molecule has 0 fully saturated rings. The van der Waals surface area contributed by atoms with E-state index in [0.717, 1.165) is 5.01 Å². The van der Waals surface area contributed by atoms with Crippen LogP contribution in [0.2, 0.25) is 10.0 Å². The van der Waals surface area contributed by atoms with E-state index in [1.54, 1.807) is 25.2 Å².